The van der Waals surface area contributed by atoms with Crippen molar-refractivity contribution >= 4 is 0 Å². The molecule has 0 unspecified atom stereocenters. The monoisotopic (exact) mass is 558 g/mol. The zero-order valence-electron chi connectivity index (χ0n) is 21.5. The van der Waals surface area contributed by atoms with Crippen LogP contribution >= 0.6 is 0 Å². The van der Waals surface area contributed by atoms with Crippen molar-refractivity contribution in [1.29, 1.82) is 0 Å². The number of allylic oxidation sites excluding steroid dienone is 4. The van der Waals surface area contributed by atoms with Gasteiger partial charge in [-0.1, -0.05) is 0 Å². The summed E-state index contributed by atoms with van der Waals surface area (Å²) in [5.41, 5.74) is 12.8. The predicted octanol–water partition coefficient (Wildman–Crippen LogP) is 2.82. The summed E-state index contributed by atoms with van der Waals surface area (Å²) in [6, 6.07) is 10.4. The van der Waals surface area contributed by atoms with Gasteiger partial charge in [0.25, 0.3) is 0 Å². The number of hydrogen-bond acceptors (Lipinski definition) is 0. The van der Waals surface area contributed by atoms with E-state index in [-0.39, 0.29) is 35.6 Å². The summed E-state index contributed by atoms with van der Waals surface area (Å²) in [6.45, 7) is 18.9. The first-order valence-corrected chi connectivity index (χ1v) is 18.2. The molecule has 2 aliphatic carbocycles. The molecular formula is C30H38Cl2Zr. The van der Waals surface area contributed by atoms with E-state index in [1.165, 1.54) is 36.9 Å². The summed E-state index contributed by atoms with van der Waals surface area (Å²) in [7, 11) is 0. The van der Waals surface area contributed by atoms with Gasteiger partial charge in [0.05, 0.1) is 0 Å². The van der Waals surface area contributed by atoms with Crippen LogP contribution in [0.4, 0.5) is 0 Å². The third-order valence-corrected chi connectivity index (χ3v) is 20.3. The van der Waals surface area contributed by atoms with Gasteiger partial charge < -0.3 is 24.8 Å². The van der Waals surface area contributed by atoms with Crippen LogP contribution in [0.3, 0.4) is 0 Å². The van der Waals surface area contributed by atoms with Crippen LogP contribution < -0.4 is 24.8 Å². The van der Waals surface area contributed by atoms with Crippen LogP contribution in [0.25, 0.3) is 11.1 Å². The van der Waals surface area contributed by atoms with Gasteiger partial charge in [0.15, 0.2) is 0 Å². The van der Waals surface area contributed by atoms with Crippen molar-refractivity contribution in [3.05, 3.63) is 79.2 Å². The molecule has 0 spiro atoms. The fraction of sp³-hybridized carbons (Fsp3) is 0.467. The van der Waals surface area contributed by atoms with Gasteiger partial charge >= 0.3 is 195 Å². The number of halogens is 2. The maximum absolute atomic E-state index is 2.60. The second-order valence-corrected chi connectivity index (χ2v) is 23.6. The molecule has 3 aliphatic rings. The van der Waals surface area contributed by atoms with Crippen LogP contribution in [-0.4, -0.2) is 0 Å². The second kappa shape index (κ2) is 8.80. The molecule has 1 aliphatic heterocycles. The molecule has 0 atom stereocenters. The van der Waals surface area contributed by atoms with Gasteiger partial charge in [-0.3, -0.25) is 0 Å². The van der Waals surface area contributed by atoms with E-state index in [0.29, 0.717) is 3.63 Å². The minimum atomic E-state index is -2.38. The van der Waals surface area contributed by atoms with Crippen molar-refractivity contribution < 1.29 is 45.1 Å². The molecule has 3 heteroatoms. The van der Waals surface area contributed by atoms with Crippen molar-refractivity contribution in [3.63, 3.8) is 0 Å². The molecule has 33 heavy (non-hydrogen) atoms. The molecule has 2 aromatic rings. The van der Waals surface area contributed by atoms with Crippen LogP contribution in [0.1, 0.15) is 85.0 Å². The Balaban J connectivity index is 0.00000153. The Morgan fingerprint density at radius 1 is 0.727 bits per heavy atom. The standard InChI is InChI=1S/C23H29.C5H5.C2H4.2ClH.Zr/c1-14-9-16-11-17-10-15(2)21(23(6,7)8)13-19(17)18(16)12-20(14)22(3,4)5;1-2-4-5-3-1;1-2;;;/h9-13H,1-8H3;1-3H,4H2;1-2H2;2*1H;/q;;;;;+2/p-2. The molecule has 5 rings (SSSR count). The smallest absolute Gasteiger partial charge is 1.00 e. The minimum absolute atomic E-state index is 0. The topological polar surface area (TPSA) is 0 Å². The fourth-order valence-corrected chi connectivity index (χ4v) is 21.5. The Labute approximate surface area is 218 Å². The molecule has 1 heterocycles. The minimum Gasteiger partial charge on any atom is -1.00 e. The first-order chi connectivity index (χ1) is 14.4. The van der Waals surface area contributed by atoms with Gasteiger partial charge in [0, 0.05) is 0 Å². The Morgan fingerprint density at radius 2 is 1.18 bits per heavy atom. The molecule has 1 fully saturated rings. The summed E-state index contributed by atoms with van der Waals surface area (Å²) in [5.74, 6) is 0. The molecule has 1 saturated heterocycles. The summed E-state index contributed by atoms with van der Waals surface area (Å²) < 4.78 is 5.65. The molecule has 0 nitrogen and oxygen atoms in total. The molecule has 0 aromatic heterocycles. The van der Waals surface area contributed by atoms with Crippen LogP contribution in [0.2, 0.25) is 8.26 Å². The largest absolute Gasteiger partial charge is 1.00 e. The zero-order valence-corrected chi connectivity index (χ0v) is 25.5. The van der Waals surface area contributed by atoms with Gasteiger partial charge in [-0.2, -0.15) is 0 Å². The van der Waals surface area contributed by atoms with Gasteiger partial charge in [-0.05, 0) is 0 Å². The first-order valence-electron chi connectivity index (χ1n) is 12.1. The van der Waals surface area contributed by atoms with Gasteiger partial charge in [-0.25, -0.2) is 0 Å². The third kappa shape index (κ3) is 4.30. The van der Waals surface area contributed by atoms with E-state index in [9.17, 15) is 0 Å². The summed E-state index contributed by atoms with van der Waals surface area (Å²) in [6.07, 6.45) is 8.46. The fourth-order valence-electron chi connectivity index (χ4n) is 6.53. The van der Waals surface area contributed by atoms with E-state index in [1.54, 1.807) is 22.3 Å². The Bertz CT molecular complexity index is 1080. The van der Waals surface area contributed by atoms with E-state index in [1.807, 2.05) is 3.28 Å². The molecule has 0 amide bonds. The number of aryl methyl sites for hydroxylation is 2. The van der Waals surface area contributed by atoms with Gasteiger partial charge in [0.2, 0.25) is 0 Å². The second-order valence-electron chi connectivity index (χ2n) is 12.4. The maximum Gasteiger partial charge on any atom is -1.00 e. The maximum atomic E-state index is 2.60. The van der Waals surface area contributed by atoms with E-state index >= 15 is 0 Å². The predicted molar refractivity (Wildman–Crippen MR) is 132 cm³/mol. The van der Waals surface area contributed by atoms with Crippen molar-refractivity contribution in [3.8, 4) is 11.1 Å². The van der Waals surface area contributed by atoms with E-state index in [4.69, 9.17) is 0 Å². The van der Waals surface area contributed by atoms with Crippen molar-refractivity contribution in [1.82, 2.24) is 0 Å². The Morgan fingerprint density at radius 3 is 1.52 bits per heavy atom. The number of benzene rings is 2. The van der Waals surface area contributed by atoms with Crippen LogP contribution in [0, 0.1) is 13.8 Å². The van der Waals surface area contributed by atoms with Gasteiger partial charge in [-0.15, -0.1) is 0 Å². The zero-order chi connectivity index (χ0) is 22.3. The van der Waals surface area contributed by atoms with Crippen molar-refractivity contribution in [2.75, 3.05) is 0 Å². The quantitative estimate of drug-likeness (QED) is 0.530. The average molecular weight is 561 g/mol. The Kier molecular flexibility index (Phi) is 7.19. The van der Waals surface area contributed by atoms with Crippen LogP contribution in [0.15, 0.2) is 45.8 Å². The summed E-state index contributed by atoms with van der Waals surface area (Å²) in [5, 5.41) is 0. The van der Waals surface area contributed by atoms with Gasteiger partial charge in [0.1, 0.15) is 0 Å². The Hall–Kier alpha value is -0.617. The number of rotatable bonds is 2. The molecule has 0 bridgehead atoms. The first kappa shape index (κ1) is 27.0. The summed E-state index contributed by atoms with van der Waals surface area (Å²) >= 11 is -2.38. The molecule has 0 N–H and O–H groups in total. The number of fused-ring (bicyclic) bond motifs is 3. The summed E-state index contributed by atoms with van der Waals surface area (Å²) in [4.78, 5) is 0. The van der Waals surface area contributed by atoms with Crippen LogP contribution in [-0.2, 0) is 31.1 Å². The van der Waals surface area contributed by atoms with E-state index in [2.05, 4.69) is 97.9 Å². The molecule has 0 radical (unpaired) electrons. The number of hydrogen-bond donors (Lipinski definition) is 0. The SMILES string of the molecule is Cc1cc2c(cc1C(C)(C)C)-c1cc(C(C)(C)C)c(C)cc1[CH]2[Zr+2]1([C]2=CC=CC2)[CH2][CH2]1.[Cl-].[Cl-]. The van der Waals surface area contributed by atoms with E-state index < -0.39 is 20.3 Å². The molecule has 176 valence electrons. The third-order valence-electron chi connectivity index (χ3n) is 8.07. The average Bonchev–Trinajstić information content (AvgIpc) is 3.12. The van der Waals surface area contributed by atoms with Crippen molar-refractivity contribution in [2.24, 2.45) is 0 Å². The molecule has 0 saturated carbocycles. The van der Waals surface area contributed by atoms with Crippen LogP contribution in [0.5, 0.6) is 0 Å². The molecule has 2 aromatic carbocycles. The van der Waals surface area contributed by atoms with Crippen molar-refractivity contribution in [2.45, 2.75) is 84.5 Å². The normalized spacial score (nSPS) is 17.3. The molecular weight excluding hydrogens is 522 g/mol. The van der Waals surface area contributed by atoms with E-state index in [0.717, 1.165) is 0 Å².